The molecule has 2 heterocycles. The summed E-state index contributed by atoms with van der Waals surface area (Å²) in [5, 5.41) is 14.6. The third-order valence-electron chi connectivity index (χ3n) is 8.70. The van der Waals surface area contributed by atoms with Crippen LogP contribution in [0.2, 0.25) is 0 Å². The number of carboxylic acids is 1. The highest BCUT2D eigenvalue weighted by Gasteiger charge is 2.59. The lowest BCUT2D eigenvalue weighted by molar-refractivity contribution is -0.317. The number of carboxylic acid groups (broad SMARTS) is 1. The summed E-state index contributed by atoms with van der Waals surface area (Å²) in [6, 6.07) is 32.6. The lowest BCUT2D eigenvalue weighted by Gasteiger charge is -2.61. The fraction of sp³-hybridized carbons (Fsp3) is 0.212. The van der Waals surface area contributed by atoms with E-state index in [0.717, 1.165) is 10.8 Å². The van der Waals surface area contributed by atoms with Gasteiger partial charge >= 0.3 is 11.2 Å². The van der Waals surface area contributed by atoms with E-state index in [0.29, 0.717) is 27.9 Å². The van der Waals surface area contributed by atoms with Crippen LogP contribution in [0.5, 0.6) is 0 Å². The van der Waals surface area contributed by atoms with Crippen LogP contribution in [0.3, 0.4) is 0 Å². The van der Waals surface area contributed by atoms with Crippen LogP contribution in [0.25, 0.3) is 21.9 Å². The molecule has 7 heteroatoms. The van der Waals surface area contributed by atoms with Gasteiger partial charge < -0.3 is 14.5 Å². The first-order valence-corrected chi connectivity index (χ1v) is 14.2. The molecule has 0 N–H and O–H groups in total. The number of hydrogen-bond donors (Lipinski definition) is 0. The summed E-state index contributed by atoms with van der Waals surface area (Å²) in [5.41, 5.74) is 0.892. The number of rotatable bonds is 5. The zero-order valence-corrected chi connectivity index (χ0v) is 23.0. The topological polar surface area (TPSA) is 94.8 Å². The quantitative estimate of drug-likeness (QED) is 0.160. The van der Waals surface area contributed by atoms with Crippen molar-refractivity contribution in [3.05, 3.63) is 126 Å². The average molecular weight is 551 g/mol. The molecule has 5 atom stereocenters. The number of piperidine rings is 1. The maximum absolute atomic E-state index is 13.5. The Bertz CT molecular complexity index is 1690. The van der Waals surface area contributed by atoms with Crippen LogP contribution in [-0.2, 0) is 27.0 Å². The van der Waals surface area contributed by atoms with Gasteiger partial charge in [-0.1, -0.05) is 91.9 Å². The Hall–Kier alpha value is -3.91. The summed E-state index contributed by atoms with van der Waals surface area (Å²) < 4.78 is 34.8. The molecule has 5 unspecified atom stereocenters. The molecule has 4 aromatic carbocycles. The molecule has 0 spiro atoms. The van der Waals surface area contributed by atoms with Crippen molar-refractivity contribution in [1.29, 1.82) is 0 Å². The lowest BCUT2D eigenvalue weighted by atomic mass is 9.57. The highest BCUT2D eigenvalue weighted by molar-refractivity contribution is 7.76. The number of carbonyl (C=O) groups is 1. The van der Waals surface area contributed by atoms with Crippen LogP contribution in [0, 0.1) is 5.92 Å². The zero-order valence-electron chi connectivity index (χ0n) is 22.2. The van der Waals surface area contributed by atoms with Gasteiger partial charge in [0.15, 0.2) is 0 Å². The Kier molecular flexibility index (Phi) is 6.53. The van der Waals surface area contributed by atoms with Crippen molar-refractivity contribution in [3.8, 4) is 0 Å². The molecule has 1 aliphatic rings. The highest BCUT2D eigenvalue weighted by atomic mass is 32.2. The van der Waals surface area contributed by atoms with Crippen LogP contribution in [0.1, 0.15) is 43.0 Å². The monoisotopic (exact) mass is 550 g/mol. The van der Waals surface area contributed by atoms with E-state index in [1.807, 2.05) is 123 Å². The standard InChI is InChI=1S/C33H29NO5S/c1-32(22-13-5-3-6-14-22)21-26(31(35)36)33(2,23-15-7-4-8-16-23)30(34(32)40(37)38)29-24-17-9-11-19-27(24)39-28-20-12-10-18-25(28)29/h3-20,26,30H,21H2,1-2H3,(H-,35,36,37,38)/p-1. The van der Waals surface area contributed by atoms with Crippen LogP contribution in [-0.4, -0.2) is 19.0 Å². The molecule has 202 valence electrons. The molecule has 5 aromatic rings. The second-order valence-corrected chi connectivity index (χ2v) is 11.6. The molecule has 40 heavy (non-hydrogen) atoms. The van der Waals surface area contributed by atoms with Crippen molar-refractivity contribution >= 4 is 39.2 Å². The lowest BCUT2D eigenvalue weighted by Crippen LogP contribution is -2.64. The molecule has 1 fully saturated rings. The number of carbonyl (C=O) groups excluding carboxylic acids is 1. The van der Waals surface area contributed by atoms with Crippen LogP contribution < -0.4 is 5.11 Å². The largest absolute Gasteiger partial charge is 0.760 e. The van der Waals surface area contributed by atoms with Crippen molar-refractivity contribution in [3.63, 3.8) is 0 Å². The maximum Gasteiger partial charge on any atom is 0.361 e. The first kappa shape index (κ1) is 26.3. The third-order valence-corrected chi connectivity index (χ3v) is 9.63. The van der Waals surface area contributed by atoms with E-state index in [9.17, 15) is 18.7 Å². The first-order chi connectivity index (χ1) is 19.3. The average Bonchev–Trinajstić information content (AvgIpc) is 2.97. The molecular weight excluding hydrogens is 522 g/mol. The van der Waals surface area contributed by atoms with Gasteiger partial charge in [0.05, 0.1) is 22.4 Å². The van der Waals surface area contributed by atoms with Crippen molar-refractivity contribution in [2.45, 2.75) is 37.3 Å². The molecule has 0 amide bonds. The molecule has 6 rings (SSSR count). The van der Waals surface area contributed by atoms with Gasteiger partial charge in [-0.25, -0.2) is 8.72 Å². The molecule has 6 nitrogen and oxygen atoms in total. The van der Waals surface area contributed by atoms with E-state index in [1.54, 1.807) is 0 Å². The van der Waals surface area contributed by atoms with Crippen molar-refractivity contribution in [1.82, 2.24) is 4.31 Å². The fourth-order valence-corrected chi connectivity index (χ4v) is 7.73. The fourth-order valence-electron chi connectivity index (χ4n) is 6.73. The van der Waals surface area contributed by atoms with Gasteiger partial charge in [-0.05, 0) is 36.6 Å². The molecule has 1 saturated heterocycles. The van der Waals surface area contributed by atoms with Gasteiger partial charge in [0.25, 0.3) is 0 Å². The number of para-hydroxylation sites is 2. The van der Waals surface area contributed by atoms with Crippen LogP contribution in [0.4, 0.5) is 0 Å². The third kappa shape index (κ3) is 3.96. The molecule has 0 saturated carbocycles. The Balaban J connectivity index is 1.80. The summed E-state index contributed by atoms with van der Waals surface area (Å²) in [6.45, 7) is 3.66. The molecule has 0 aliphatic carbocycles. The van der Waals surface area contributed by atoms with Crippen molar-refractivity contribution in [2.24, 2.45) is 5.92 Å². The van der Waals surface area contributed by atoms with Crippen LogP contribution >= 0.6 is 0 Å². The maximum atomic E-state index is 13.5. The van der Waals surface area contributed by atoms with Crippen molar-refractivity contribution in [2.75, 3.05) is 0 Å². The summed E-state index contributed by atoms with van der Waals surface area (Å²) in [6.07, 6.45) is 0.0301. The van der Waals surface area contributed by atoms with E-state index >= 15 is 0 Å². The smallest absolute Gasteiger partial charge is 0.361 e. The van der Waals surface area contributed by atoms with E-state index in [2.05, 4.69) is 0 Å². The Morgan fingerprint density at radius 1 is 0.800 bits per heavy atom. The second kappa shape index (κ2) is 9.93. The molecular formula is C33H28NO5S-. The zero-order chi connectivity index (χ0) is 28.1. The van der Waals surface area contributed by atoms with Gasteiger partial charge in [-0.2, -0.15) is 0 Å². The summed E-state index contributed by atoms with van der Waals surface area (Å²) in [4.78, 5) is 13.1. The normalized spacial score (nSPS) is 26.1. The van der Waals surface area contributed by atoms with E-state index in [1.165, 1.54) is 4.31 Å². The molecule has 1 aliphatic heterocycles. The Morgan fingerprint density at radius 2 is 1.27 bits per heavy atom. The summed E-state index contributed by atoms with van der Waals surface area (Å²) in [5.74, 6) is -2.25. The van der Waals surface area contributed by atoms with Gasteiger partial charge in [-0.3, -0.25) is 4.21 Å². The van der Waals surface area contributed by atoms with Gasteiger partial charge in [0.1, 0.15) is 0 Å². The van der Waals surface area contributed by atoms with E-state index in [-0.39, 0.29) is 6.42 Å². The minimum atomic E-state index is -2.75. The Morgan fingerprint density at radius 3 is 1.77 bits per heavy atom. The predicted molar refractivity (Wildman–Crippen MR) is 152 cm³/mol. The van der Waals surface area contributed by atoms with E-state index in [4.69, 9.17) is 4.42 Å². The number of aliphatic carboxylic acids is 1. The minimum Gasteiger partial charge on any atom is -0.760 e. The van der Waals surface area contributed by atoms with Gasteiger partial charge in [-0.15, -0.1) is 0 Å². The van der Waals surface area contributed by atoms with E-state index < -0.39 is 40.1 Å². The number of benzene rings is 4. The predicted octanol–water partition coefficient (Wildman–Crippen LogP) is 5.65. The minimum absolute atomic E-state index is 0.0301. The highest BCUT2D eigenvalue weighted by Crippen LogP contribution is 2.60. The number of nitrogens with zero attached hydrogens (tertiary/aromatic N) is 1. The summed E-state index contributed by atoms with van der Waals surface area (Å²) >= 11 is -2.75. The summed E-state index contributed by atoms with van der Waals surface area (Å²) in [7, 11) is 0. The molecule has 1 aromatic heterocycles. The molecule has 0 bridgehead atoms. The van der Waals surface area contributed by atoms with Crippen molar-refractivity contribution < 1.29 is 23.1 Å². The SMILES string of the molecule is CC1(c2ccccc2)C(C(=O)[O-])CC(C)(c2ccccc2)N(S(=O)[O-])C1c1c2ccccc2[o+]c2ccccc12. The Labute approximate surface area is 235 Å². The second-order valence-electron chi connectivity index (χ2n) is 10.8. The number of hydrogen-bond acceptors (Lipinski definition) is 4. The van der Waals surface area contributed by atoms with Gasteiger partial charge in [0.2, 0.25) is 0 Å². The molecule has 0 radical (unpaired) electrons. The first-order valence-electron chi connectivity index (χ1n) is 13.2. The van der Waals surface area contributed by atoms with Crippen LogP contribution in [0.15, 0.2) is 114 Å². The van der Waals surface area contributed by atoms with Gasteiger partial charge in [0, 0.05) is 46.3 Å². The number of fused-ring (bicyclic) bond motifs is 2.